The van der Waals surface area contributed by atoms with Crippen LogP contribution in [0.2, 0.25) is 0 Å². The molecular weight excluding hydrogens is 292 g/mol. The van der Waals surface area contributed by atoms with Gasteiger partial charge in [0.25, 0.3) is 0 Å². The standard InChI is InChI=1S/C17H28N4O2/c1-17(2,3)23-16(22)20-10-15(12-4-5-12)19-9-14-8-18-11-21(14)13-6-7-13/h8,11-13,15,19H,4-7,9-10H2,1-3H3,(H,20,22). The van der Waals surface area contributed by atoms with E-state index in [1.54, 1.807) is 0 Å². The summed E-state index contributed by atoms with van der Waals surface area (Å²) in [6.07, 6.45) is 8.51. The highest BCUT2D eigenvalue weighted by molar-refractivity contribution is 5.67. The topological polar surface area (TPSA) is 68.2 Å². The number of nitrogens with zero attached hydrogens (tertiary/aromatic N) is 2. The molecule has 0 radical (unpaired) electrons. The first-order chi connectivity index (χ1) is 10.9. The number of ether oxygens (including phenoxy) is 1. The molecule has 2 fully saturated rings. The van der Waals surface area contributed by atoms with E-state index >= 15 is 0 Å². The molecule has 2 aliphatic carbocycles. The van der Waals surface area contributed by atoms with Crippen LogP contribution >= 0.6 is 0 Å². The minimum atomic E-state index is -0.455. The summed E-state index contributed by atoms with van der Waals surface area (Å²) in [6.45, 7) is 7.04. The number of aromatic nitrogens is 2. The Hall–Kier alpha value is -1.56. The van der Waals surface area contributed by atoms with Crippen molar-refractivity contribution in [2.75, 3.05) is 6.54 Å². The molecule has 0 bridgehead atoms. The van der Waals surface area contributed by atoms with Gasteiger partial charge < -0.3 is 19.9 Å². The number of rotatable bonds is 7. The molecule has 1 atom stereocenters. The van der Waals surface area contributed by atoms with Gasteiger partial charge in [-0.1, -0.05) is 0 Å². The van der Waals surface area contributed by atoms with Crippen LogP contribution in [0.4, 0.5) is 4.79 Å². The van der Waals surface area contributed by atoms with E-state index in [1.165, 1.54) is 31.4 Å². The lowest BCUT2D eigenvalue weighted by Gasteiger charge is -2.23. The quantitative estimate of drug-likeness (QED) is 0.810. The summed E-state index contributed by atoms with van der Waals surface area (Å²) in [5, 5.41) is 6.49. The molecule has 2 saturated carbocycles. The van der Waals surface area contributed by atoms with Crippen molar-refractivity contribution in [2.45, 2.75) is 70.7 Å². The van der Waals surface area contributed by atoms with Gasteiger partial charge in [0.15, 0.2) is 0 Å². The van der Waals surface area contributed by atoms with E-state index < -0.39 is 5.60 Å². The van der Waals surface area contributed by atoms with Crippen molar-refractivity contribution in [2.24, 2.45) is 5.92 Å². The van der Waals surface area contributed by atoms with E-state index in [2.05, 4.69) is 20.2 Å². The highest BCUT2D eigenvalue weighted by Crippen LogP contribution is 2.36. The van der Waals surface area contributed by atoms with Crippen LogP contribution in [0.3, 0.4) is 0 Å². The SMILES string of the molecule is CC(C)(C)OC(=O)NCC(NCc1cncn1C1CC1)C1CC1. The Morgan fingerprint density at radius 3 is 2.74 bits per heavy atom. The molecule has 1 heterocycles. The van der Waals surface area contributed by atoms with Crippen molar-refractivity contribution >= 4 is 6.09 Å². The summed E-state index contributed by atoms with van der Waals surface area (Å²) in [6, 6.07) is 0.943. The molecule has 0 aromatic carbocycles. The highest BCUT2D eigenvalue weighted by Gasteiger charge is 2.32. The minimum Gasteiger partial charge on any atom is -0.444 e. The Labute approximate surface area is 138 Å². The van der Waals surface area contributed by atoms with E-state index in [0.29, 0.717) is 24.5 Å². The minimum absolute atomic E-state index is 0.296. The Bertz CT molecular complexity index is 541. The molecule has 2 aliphatic rings. The van der Waals surface area contributed by atoms with Crippen molar-refractivity contribution in [3.05, 3.63) is 18.2 Å². The van der Waals surface area contributed by atoms with Crippen LogP contribution in [0.5, 0.6) is 0 Å². The maximum atomic E-state index is 11.8. The highest BCUT2D eigenvalue weighted by atomic mass is 16.6. The lowest BCUT2D eigenvalue weighted by Crippen LogP contribution is -2.43. The zero-order valence-corrected chi connectivity index (χ0v) is 14.3. The predicted octanol–water partition coefficient (Wildman–Crippen LogP) is 2.61. The van der Waals surface area contributed by atoms with Crippen molar-refractivity contribution in [1.82, 2.24) is 20.2 Å². The summed E-state index contributed by atoms with van der Waals surface area (Å²) in [5.74, 6) is 0.655. The number of nitrogens with one attached hydrogen (secondary N) is 2. The van der Waals surface area contributed by atoms with E-state index in [1.807, 2.05) is 33.3 Å². The predicted molar refractivity (Wildman–Crippen MR) is 88.1 cm³/mol. The van der Waals surface area contributed by atoms with Gasteiger partial charge in [-0.25, -0.2) is 9.78 Å². The van der Waals surface area contributed by atoms with Crippen LogP contribution in [0.1, 0.15) is 58.2 Å². The maximum absolute atomic E-state index is 11.8. The molecule has 3 rings (SSSR count). The monoisotopic (exact) mass is 320 g/mol. The van der Waals surface area contributed by atoms with Gasteiger partial charge in [-0.15, -0.1) is 0 Å². The molecule has 0 saturated heterocycles. The van der Waals surface area contributed by atoms with Crippen molar-refractivity contribution in [3.8, 4) is 0 Å². The molecule has 2 N–H and O–H groups in total. The lowest BCUT2D eigenvalue weighted by atomic mass is 10.2. The summed E-state index contributed by atoms with van der Waals surface area (Å²) < 4.78 is 7.58. The molecule has 23 heavy (non-hydrogen) atoms. The third-order valence-electron chi connectivity index (χ3n) is 4.29. The smallest absolute Gasteiger partial charge is 0.407 e. The van der Waals surface area contributed by atoms with Crippen LogP contribution in [0, 0.1) is 5.92 Å². The first-order valence-corrected chi connectivity index (χ1v) is 8.63. The van der Waals surface area contributed by atoms with Crippen LogP contribution in [-0.4, -0.2) is 33.8 Å². The molecule has 1 unspecified atom stereocenters. The van der Waals surface area contributed by atoms with Crippen LogP contribution in [0.25, 0.3) is 0 Å². The van der Waals surface area contributed by atoms with Crippen molar-refractivity contribution in [3.63, 3.8) is 0 Å². The van der Waals surface area contributed by atoms with Crippen molar-refractivity contribution in [1.29, 1.82) is 0 Å². The van der Waals surface area contributed by atoms with Gasteiger partial charge in [-0.3, -0.25) is 0 Å². The van der Waals surface area contributed by atoms with Crippen LogP contribution in [-0.2, 0) is 11.3 Å². The zero-order valence-electron chi connectivity index (χ0n) is 14.3. The largest absolute Gasteiger partial charge is 0.444 e. The zero-order chi connectivity index (χ0) is 16.4. The summed E-state index contributed by atoms with van der Waals surface area (Å²) in [5.41, 5.74) is 0.777. The second-order valence-corrected chi connectivity index (χ2v) is 7.73. The van der Waals surface area contributed by atoms with Gasteiger partial charge in [0.1, 0.15) is 5.60 Å². The van der Waals surface area contributed by atoms with Crippen molar-refractivity contribution < 1.29 is 9.53 Å². The number of carbonyl (C=O) groups is 1. The Kier molecular flexibility index (Phi) is 4.62. The normalized spacial score (nSPS) is 19.4. The second-order valence-electron chi connectivity index (χ2n) is 7.73. The van der Waals surface area contributed by atoms with E-state index in [4.69, 9.17) is 4.74 Å². The van der Waals surface area contributed by atoms with Gasteiger partial charge >= 0.3 is 6.09 Å². The maximum Gasteiger partial charge on any atom is 0.407 e. The fraction of sp³-hybridized carbons (Fsp3) is 0.765. The van der Waals surface area contributed by atoms with E-state index in [0.717, 1.165) is 6.54 Å². The third kappa shape index (κ3) is 4.96. The molecule has 0 spiro atoms. The van der Waals surface area contributed by atoms with Gasteiger partial charge in [0.2, 0.25) is 0 Å². The van der Waals surface area contributed by atoms with Crippen LogP contribution in [0.15, 0.2) is 12.5 Å². The molecular formula is C17H28N4O2. The Balaban J connectivity index is 1.47. The number of amides is 1. The van der Waals surface area contributed by atoms with Gasteiger partial charge in [-0.2, -0.15) is 0 Å². The molecule has 6 heteroatoms. The lowest BCUT2D eigenvalue weighted by molar-refractivity contribution is 0.0521. The summed E-state index contributed by atoms with van der Waals surface area (Å²) in [4.78, 5) is 16.1. The molecule has 0 aliphatic heterocycles. The number of hydrogen-bond donors (Lipinski definition) is 2. The fourth-order valence-electron chi connectivity index (χ4n) is 2.80. The second kappa shape index (κ2) is 6.51. The Morgan fingerprint density at radius 2 is 2.13 bits per heavy atom. The number of imidazole rings is 1. The average Bonchev–Trinajstić information content (AvgIpc) is 3.36. The molecule has 1 aromatic heterocycles. The molecule has 1 amide bonds. The number of hydrogen-bond acceptors (Lipinski definition) is 4. The molecule has 1 aromatic rings. The molecule has 128 valence electrons. The first kappa shape index (κ1) is 16.3. The number of carbonyl (C=O) groups excluding carboxylic acids is 1. The summed E-state index contributed by atoms with van der Waals surface area (Å²) >= 11 is 0. The third-order valence-corrected chi connectivity index (χ3v) is 4.29. The van der Waals surface area contributed by atoms with Gasteiger partial charge in [0.05, 0.1) is 12.0 Å². The van der Waals surface area contributed by atoms with E-state index in [-0.39, 0.29) is 6.09 Å². The average molecular weight is 320 g/mol. The summed E-state index contributed by atoms with van der Waals surface area (Å²) in [7, 11) is 0. The van der Waals surface area contributed by atoms with Gasteiger partial charge in [0, 0.05) is 31.4 Å². The molecule has 6 nitrogen and oxygen atoms in total. The fourth-order valence-corrected chi connectivity index (χ4v) is 2.80. The van der Waals surface area contributed by atoms with E-state index in [9.17, 15) is 4.79 Å². The Morgan fingerprint density at radius 1 is 1.39 bits per heavy atom. The number of alkyl carbamates (subject to hydrolysis) is 1. The van der Waals surface area contributed by atoms with Crippen LogP contribution < -0.4 is 10.6 Å². The van der Waals surface area contributed by atoms with Gasteiger partial charge in [-0.05, 0) is 52.4 Å². The first-order valence-electron chi connectivity index (χ1n) is 8.63.